The molecule has 0 heterocycles. The molecule has 0 atom stereocenters. The van der Waals surface area contributed by atoms with Gasteiger partial charge in [-0.05, 0) is 44.2 Å². The number of rotatable bonds is 6. The Morgan fingerprint density at radius 2 is 1.82 bits per heavy atom. The topological polar surface area (TPSA) is 58.2 Å². The summed E-state index contributed by atoms with van der Waals surface area (Å²) < 4.78 is 0. The summed E-state index contributed by atoms with van der Waals surface area (Å²) in [6.45, 7) is 4.70. The average molecular weight is 234 g/mol. The molecule has 0 aromatic heterocycles. The van der Waals surface area contributed by atoms with E-state index in [2.05, 4.69) is 10.6 Å². The first-order valence-electron chi connectivity index (χ1n) is 5.75. The minimum Gasteiger partial charge on any atom is -0.325 e. The van der Waals surface area contributed by atoms with Crippen molar-refractivity contribution in [2.45, 2.75) is 20.3 Å². The van der Waals surface area contributed by atoms with Crippen molar-refractivity contribution in [1.82, 2.24) is 5.32 Å². The number of anilines is 1. The quantitative estimate of drug-likeness (QED) is 0.583. The van der Waals surface area contributed by atoms with Crippen LogP contribution in [0.2, 0.25) is 0 Å². The van der Waals surface area contributed by atoms with E-state index in [1.54, 1.807) is 24.3 Å². The van der Waals surface area contributed by atoms with Crippen LogP contribution in [-0.4, -0.2) is 24.8 Å². The molecule has 0 radical (unpaired) electrons. The van der Waals surface area contributed by atoms with Crippen molar-refractivity contribution in [2.75, 3.05) is 18.4 Å². The Hall–Kier alpha value is -1.68. The molecular weight excluding hydrogens is 216 g/mol. The molecule has 0 aliphatic heterocycles. The molecule has 0 aliphatic rings. The molecule has 0 fully saturated rings. The summed E-state index contributed by atoms with van der Waals surface area (Å²) in [5, 5.41) is 5.77. The van der Waals surface area contributed by atoms with Crippen molar-refractivity contribution >= 4 is 17.4 Å². The lowest BCUT2D eigenvalue weighted by atomic mass is 10.1. The second-order valence-electron chi connectivity index (χ2n) is 3.86. The Bertz CT molecular complexity index is 385. The first-order chi connectivity index (χ1) is 8.13. The number of amides is 1. The second kappa shape index (κ2) is 6.81. The highest BCUT2D eigenvalue weighted by Gasteiger charge is 2.02. The fourth-order valence-corrected chi connectivity index (χ4v) is 1.37. The number of carbonyl (C=O) groups is 2. The molecule has 1 aromatic rings. The van der Waals surface area contributed by atoms with E-state index in [0.717, 1.165) is 13.0 Å². The van der Waals surface area contributed by atoms with Crippen molar-refractivity contribution in [1.29, 1.82) is 0 Å². The molecule has 0 saturated carbocycles. The van der Waals surface area contributed by atoms with Gasteiger partial charge in [0.1, 0.15) is 0 Å². The third-order valence-electron chi connectivity index (χ3n) is 2.29. The maximum Gasteiger partial charge on any atom is 0.238 e. The number of hydrogen-bond acceptors (Lipinski definition) is 3. The van der Waals surface area contributed by atoms with Crippen LogP contribution in [0.25, 0.3) is 0 Å². The summed E-state index contributed by atoms with van der Waals surface area (Å²) in [7, 11) is 0. The summed E-state index contributed by atoms with van der Waals surface area (Å²) in [6.07, 6.45) is 1.00. The highest BCUT2D eigenvalue weighted by Crippen LogP contribution is 2.09. The molecule has 1 aromatic carbocycles. The molecule has 0 bridgehead atoms. The van der Waals surface area contributed by atoms with E-state index in [9.17, 15) is 9.59 Å². The Morgan fingerprint density at radius 3 is 2.35 bits per heavy atom. The fourth-order valence-electron chi connectivity index (χ4n) is 1.37. The van der Waals surface area contributed by atoms with Crippen molar-refractivity contribution < 1.29 is 9.59 Å². The molecule has 4 heteroatoms. The SMILES string of the molecule is CCCNCC(=O)Nc1ccc(C(C)=O)cc1. The van der Waals surface area contributed by atoms with E-state index in [4.69, 9.17) is 0 Å². The van der Waals surface area contributed by atoms with E-state index in [1.807, 2.05) is 6.92 Å². The van der Waals surface area contributed by atoms with Crippen LogP contribution >= 0.6 is 0 Å². The summed E-state index contributed by atoms with van der Waals surface area (Å²) >= 11 is 0. The van der Waals surface area contributed by atoms with Gasteiger partial charge in [0.15, 0.2) is 5.78 Å². The van der Waals surface area contributed by atoms with Gasteiger partial charge in [0, 0.05) is 11.3 Å². The lowest BCUT2D eigenvalue weighted by Crippen LogP contribution is -2.28. The van der Waals surface area contributed by atoms with E-state index >= 15 is 0 Å². The van der Waals surface area contributed by atoms with Gasteiger partial charge < -0.3 is 10.6 Å². The van der Waals surface area contributed by atoms with Crippen LogP contribution in [0, 0.1) is 0 Å². The van der Waals surface area contributed by atoms with Gasteiger partial charge in [0.2, 0.25) is 5.91 Å². The summed E-state index contributed by atoms with van der Waals surface area (Å²) in [5.41, 5.74) is 1.35. The van der Waals surface area contributed by atoms with Crippen molar-refractivity contribution in [3.63, 3.8) is 0 Å². The van der Waals surface area contributed by atoms with E-state index in [1.165, 1.54) is 6.92 Å². The van der Waals surface area contributed by atoms with Gasteiger partial charge in [-0.2, -0.15) is 0 Å². The van der Waals surface area contributed by atoms with Crippen LogP contribution in [0.5, 0.6) is 0 Å². The summed E-state index contributed by atoms with van der Waals surface area (Å²) in [4.78, 5) is 22.5. The molecule has 4 nitrogen and oxygen atoms in total. The Labute approximate surface area is 101 Å². The highest BCUT2D eigenvalue weighted by molar-refractivity contribution is 5.96. The monoisotopic (exact) mass is 234 g/mol. The zero-order valence-corrected chi connectivity index (χ0v) is 10.2. The molecule has 1 rings (SSSR count). The third-order valence-corrected chi connectivity index (χ3v) is 2.29. The van der Waals surface area contributed by atoms with Gasteiger partial charge in [-0.1, -0.05) is 6.92 Å². The molecular formula is C13H18N2O2. The first kappa shape index (κ1) is 13.4. The Morgan fingerprint density at radius 1 is 1.18 bits per heavy atom. The number of Topliss-reactive ketones (excluding diaryl/α,β-unsaturated/α-hetero) is 1. The standard InChI is InChI=1S/C13H18N2O2/c1-3-8-14-9-13(17)15-12-6-4-11(5-7-12)10(2)16/h4-7,14H,3,8-9H2,1-2H3,(H,15,17). The number of carbonyl (C=O) groups excluding carboxylic acids is 2. The van der Waals surface area contributed by atoms with Gasteiger partial charge in [-0.25, -0.2) is 0 Å². The minimum absolute atomic E-state index is 0.0208. The number of hydrogen-bond donors (Lipinski definition) is 2. The van der Waals surface area contributed by atoms with Crippen molar-refractivity contribution in [3.8, 4) is 0 Å². The van der Waals surface area contributed by atoms with Gasteiger partial charge >= 0.3 is 0 Å². The van der Waals surface area contributed by atoms with Crippen LogP contribution < -0.4 is 10.6 Å². The normalized spacial score (nSPS) is 10.0. The summed E-state index contributed by atoms with van der Waals surface area (Å²) in [6, 6.07) is 6.87. The molecule has 17 heavy (non-hydrogen) atoms. The number of benzene rings is 1. The number of nitrogens with one attached hydrogen (secondary N) is 2. The van der Waals surface area contributed by atoms with E-state index < -0.39 is 0 Å². The van der Waals surface area contributed by atoms with Crippen LogP contribution in [-0.2, 0) is 4.79 Å². The lowest BCUT2D eigenvalue weighted by Gasteiger charge is -2.06. The van der Waals surface area contributed by atoms with Gasteiger partial charge in [-0.15, -0.1) is 0 Å². The molecule has 2 N–H and O–H groups in total. The second-order valence-corrected chi connectivity index (χ2v) is 3.86. The third kappa shape index (κ3) is 4.78. The van der Waals surface area contributed by atoms with Crippen LogP contribution in [0.4, 0.5) is 5.69 Å². The van der Waals surface area contributed by atoms with Crippen LogP contribution in [0.3, 0.4) is 0 Å². The highest BCUT2D eigenvalue weighted by atomic mass is 16.2. The maximum atomic E-state index is 11.5. The zero-order valence-electron chi connectivity index (χ0n) is 10.2. The molecule has 0 unspecified atom stereocenters. The lowest BCUT2D eigenvalue weighted by molar-refractivity contribution is -0.115. The van der Waals surface area contributed by atoms with Gasteiger partial charge in [0.25, 0.3) is 0 Å². The fraction of sp³-hybridized carbons (Fsp3) is 0.385. The zero-order chi connectivity index (χ0) is 12.7. The van der Waals surface area contributed by atoms with Gasteiger partial charge in [-0.3, -0.25) is 9.59 Å². The van der Waals surface area contributed by atoms with Gasteiger partial charge in [0.05, 0.1) is 6.54 Å². The molecule has 0 aliphatic carbocycles. The minimum atomic E-state index is -0.0750. The van der Waals surface area contributed by atoms with Crippen LogP contribution in [0.1, 0.15) is 30.6 Å². The smallest absolute Gasteiger partial charge is 0.238 e. The Kier molecular flexibility index (Phi) is 5.36. The summed E-state index contributed by atoms with van der Waals surface area (Å²) in [5.74, 6) is -0.0542. The maximum absolute atomic E-state index is 11.5. The predicted octanol–water partition coefficient (Wildman–Crippen LogP) is 1.83. The average Bonchev–Trinajstić information content (AvgIpc) is 2.30. The van der Waals surface area contributed by atoms with E-state index in [0.29, 0.717) is 17.8 Å². The van der Waals surface area contributed by atoms with Crippen molar-refractivity contribution in [2.24, 2.45) is 0 Å². The largest absolute Gasteiger partial charge is 0.325 e. The molecule has 0 saturated heterocycles. The number of ketones is 1. The molecule has 92 valence electrons. The van der Waals surface area contributed by atoms with Crippen molar-refractivity contribution in [3.05, 3.63) is 29.8 Å². The van der Waals surface area contributed by atoms with Crippen LogP contribution in [0.15, 0.2) is 24.3 Å². The molecule has 0 spiro atoms. The Balaban J connectivity index is 2.46. The predicted molar refractivity (Wildman–Crippen MR) is 68.2 cm³/mol. The van der Waals surface area contributed by atoms with E-state index in [-0.39, 0.29) is 11.7 Å². The first-order valence-corrected chi connectivity index (χ1v) is 5.75. The molecule has 1 amide bonds.